The van der Waals surface area contributed by atoms with Crippen molar-refractivity contribution in [1.82, 2.24) is 29.1 Å². The van der Waals surface area contributed by atoms with Crippen LogP contribution in [0.5, 0.6) is 5.75 Å². The Morgan fingerprint density at radius 3 is 2.48 bits per heavy atom. The minimum Gasteiger partial charge on any atom is -0.497 e. The summed E-state index contributed by atoms with van der Waals surface area (Å²) in [5.74, 6) is 1.18. The lowest BCUT2D eigenvalue weighted by Gasteiger charge is -2.21. The molecular weight excluding hydrogens is 610 g/mol. The van der Waals surface area contributed by atoms with E-state index in [1.54, 1.807) is 10.7 Å². The molecule has 0 aliphatic heterocycles. The van der Waals surface area contributed by atoms with Gasteiger partial charge in [0.1, 0.15) is 34.9 Å². The first-order valence-electron chi connectivity index (χ1n) is 14.0. The fourth-order valence-corrected chi connectivity index (χ4v) is 6.12. The maximum Gasteiger partial charge on any atom is 0.282 e. The van der Waals surface area contributed by atoms with E-state index in [1.165, 1.54) is 54.5 Å². The van der Waals surface area contributed by atoms with Crippen molar-refractivity contribution in [3.8, 4) is 22.6 Å². The molecule has 0 fully saturated rings. The van der Waals surface area contributed by atoms with Gasteiger partial charge >= 0.3 is 0 Å². The molecule has 0 saturated carbocycles. The van der Waals surface area contributed by atoms with Crippen LogP contribution in [0.15, 0.2) is 99.9 Å². The van der Waals surface area contributed by atoms with E-state index in [2.05, 4.69) is 25.0 Å². The zero-order chi connectivity index (χ0) is 32.6. The molecule has 0 bridgehead atoms. The topological polar surface area (TPSA) is 191 Å². The van der Waals surface area contributed by atoms with E-state index in [9.17, 15) is 18.0 Å². The number of methoxy groups -OCH3 is 1. The number of ether oxygens (including phenoxy) is 1. The van der Waals surface area contributed by atoms with Crippen LogP contribution < -0.4 is 31.6 Å². The second kappa shape index (κ2) is 11.9. The molecule has 0 radical (unpaired) electrons. The number of benzene rings is 2. The lowest BCUT2D eigenvalue weighted by molar-refractivity contribution is 0.414. The van der Waals surface area contributed by atoms with E-state index >= 15 is 0 Å². The number of nitrogens with zero attached hydrogens (tertiary/aromatic N) is 5. The van der Waals surface area contributed by atoms with Gasteiger partial charge in [-0.1, -0.05) is 18.2 Å². The van der Waals surface area contributed by atoms with Gasteiger partial charge in [0.2, 0.25) is 0 Å². The number of fused-ring (bicyclic) bond motifs is 1. The molecule has 0 spiro atoms. The molecule has 6 aromatic rings. The van der Waals surface area contributed by atoms with Gasteiger partial charge in [-0.15, -0.1) is 0 Å². The smallest absolute Gasteiger partial charge is 0.282 e. The van der Waals surface area contributed by atoms with Gasteiger partial charge in [-0.05, 0) is 67.9 Å². The quantitative estimate of drug-likeness (QED) is 0.182. The number of H-pyrrole nitrogens is 1. The fourth-order valence-electron chi connectivity index (χ4n) is 5.06. The van der Waals surface area contributed by atoms with Gasteiger partial charge in [0.15, 0.2) is 5.82 Å². The van der Waals surface area contributed by atoms with Gasteiger partial charge < -0.3 is 20.8 Å². The molecule has 0 saturated heterocycles. The second-order valence-electron chi connectivity index (χ2n) is 10.4. The largest absolute Gasteiger partial charge is 0.497 e. The van der Waals surface area contributed by atoms with Gasteiger partial charge in [0.05, 0.1) is 29.3 Å². The van der Waals surface area contributed by atoms with E-state index in [1.807, 2.05) is 50.2 Å². The third-order valence-corrected chi connectivity index (χ3v) is 8.73. The molecule has 4 aromatic heterocycles. The number of nitrogens with two attached hydrogens (primary N) is 1. The minimum atomic E-state index is -4.13. The van der Waals surface area contributed by atoms with E-state index in [-0.39, 0.29) is 27.8 Å². The zero-order valence-electron chi connectivity index (χ0n) is 24.9. The summed E-state index contributed by atoms with van der Waals surface area (Å²) >= 11 is 0. The number of sulfonamides is 1. The number of para-hydroxylation sites is 1. The Morgan fingerprint density at radius 2 is 1.76 bits per heavy atom. The molecule has 2 aromatic carbocycles. The van der Waals surface area contributed by atoms with E-state index in [0.29, 0.717) is 33.9 Å². The van der Waals surface area contributed by atoms with Crippen LogP contribution >= 0.6 is 0 Å². The Labute approximate surface area is 262 Å². The Hall–Kier alpha value is -5.96. The third-order valence-electron chi connectivity index (χ3n) is 7.35. The first-order valence-corrected chi connectivity index (χ1v) is 15.5. The number of rotatable bonds is 9. The van der Waals surface area contributed by atoms with Gasteiger partial charge in [0.25, 0.3) is 21.1 Å². The van der Waals surface area contributed by atoms with Crippen molar-refractivity contribution in [3.63, 3.8) is 0 Å². The molecule has 0 aliphatic rings. The highest BCUT2D eigenvalue weighted by atomic mass is 32.2. The van der Waals surface area contributed by atoms with E-state index in [4.69, 9.17) is 15.6 Å². The lowest BCUT2D eigenvalue weighted by Crippen LogP contribution is -2.29. The van der Waals surface area contributed by atoms with E-state index in [0.717, 1.165) is 5.56 Å². The first kappa shape index (κ1) is 30.1. The van der Waals surface area contributed by atoms with Crippen molar-refractivity contribution in [1.29, 1.82) is 0 Å². The Morgan fingerprint density at radius 1 is 1.02 bits per heavy atom. The highest BCUT2D eigenvalue weighted by molar-refractivity contribution is 7.92. The standard InChI is InChI=1S/C31H29N9O5S/c1-18-13-14-39-26(18)31(42)40(21-7-5-4-6-8-21)29(37-39)19(2)36-28-25(27(32)34-17-35-28)20-15-24(30(41)33-16-20)38-46(43,44)23-11-9-22(45-3)10-12-23/h4-17,19,38H,1-3H3,(H,33,41)(H3,32,34,35,36)/t19-/m0/s1. The minimum absolute atomic E-state index is 0.0607. The normalized spacial score (nSPS) is 12.2. The van der Waals surface area contributed by atoms with Crippen molar-refractivity contribution in [2.75, 3.05) is 22.9 Å². The molecule has 4 heterocycles. The molecule has 14 nitrogen and oxygen atoms in total. The molecule has 0 amide bonds. The molecular formula is C31H29N9O5S. The summed E-state index contributed by atoms with van der Waals surface area (Å²) in [5.41, 5.74) is 7.63. The Kier molecular flexibility index (Phi) is 7.75. The van der Waals surface area contributed by atoms with Gasteiger partial charge in [0, 0.05) is 18.0 Å². The molecule has 15 heteroatoms. The molecule has 0 aliphatic carbocycles. The monoisotopic (exact) mass is 639 g/mol. The van der Waals surface area contributed by atoms with Gasteiger partial charge in [-0.25, -0.2) is 22.9 Å². The summed E-state index contributed by atoms with van der Waals surface area (Å²) in [4.78, 5) is 37.5. The predicted molar refractivity (Wildman–Crippen MR) is 174 cm³/mol. The van der Waals surface area contributed by atoms with Crippen LogP contribution in [-0.2, 0) is 10.0 Å². The Balaban J connectivity index is 1.40. The molecule has 5 N–H and O–H groups in total. The summed E-state index contributed by atoms with van der Waals surface area (Å²) in [7, 11) is -2.67. The highest BCUT2D eigenvalue weighted by Crippen LogP contribution is 2.33. The molecule has 1 atom stereocenters. The molecule has 234 valence electrons. The lowest BCUT2D eigenvalue weighted by atomic mass is 10.1. The number of aromatic amines is 1. The third kappa shape index (κ3) is 5.54. The zero-order valence-corrected chi connectivity index (χ0v) is 25.7. The van der Waals surface area contributed by atoms with Crippen LogP contribution in [0.2, 0.25) is 0 Å². The summed E-state index contributed by atoms with van der Waals surface area (Å²) in [5, 5.41) is 8.06. The average Bonchev–Trinajstić information content (AvgIpc) is 3.43. The number of pyridine rings is 1. The number of nitrogens with one attached hydrogen (secondary N) is 3. The van der Waals surface area contributed by atoms with E-state index < -0.39 is 21.6 Å². The number of aromatic nitrogens is 6. The van der Waals surface area contributed by atoms with Crippen molar-refractivity contribution < 1.29 is 13.2 Å². The molecule has 6 rings (SSSR count). The second-order valence-corrected chi connectivity index (χ2v) is 12.1. The number of hydrogen-bond acceptors (Lipinski definition) is 10. The van der Waals surface area contributed by atoms with Crippen molar-refractivity contribution in [2.45, 2.75) is 24.8 Å². The van der Waals surface area contributed by atoms with Gasteiger partial charge in [-0.3, -0.25) is 18.9 Å². The van der Waals surface area contributed by atoms with Gasteiger partial charge in [-0.2, -0.15) is 5.10 Å². The SMILES string of the molecule is COc1ccc(S(=O)(=O)Nc2cc(-c3c(N)ncnc3N[C@@H](C)c3nn4ccc(C)c4c(=O)n3-c3ccccc3)c[nH]c2=O)cc1. The maximum atomic E-state index is 13.8. The molecule has 46 heavy (non-hydrogen) atoms. The predicted octanol–water partition coefficient (Wildman–Crippen LogP) is 3.50. The Bertz CT molecular complexity index is 2300. The first-order chi connectivity index (χ1) is 22.1. The maximum absolute atomic E-state index is 13.8. The van der Waals surface area contributed by atoms with Crippen LogP contribution in [-0.4, -0.2) is 44.7 Å². The average molecular weight is 640 g/mol. The van der Waals surface area contributed by atoms with Crippen LogP contribution in [0.4, 0.5) is 17.3 Å². The van der Waals surface area contributed by atoms with Crippen LogP contribution in [0.1, 0.15) is 24.4 Å². The number of anilines is 3. The number of hydrogen-bond donors (Lipinski definition) is 4. The molecule has 0 unspecified atom stereocenters. The summed E-state index contributed by atoms with van der Waals surface area (Å²) in [6, 6.07) is 17.4. The number of nitrogen functional groups attached to an aromatic ring is 1. The van der Waals surface area contributed by atoms with Crippen molar-refractivity contribution >= 4 is 32.9 Å². The van der Waals surface area contributed by atoms with Crippen molar-refractivity contribution in [3.05, 3.63) is 118 Å². The van der Waals surface area contributed by atoms with Crippen LogP contribution in [0, 0.1) is 6.92 Å². The summed E-state index contributed by atoms with van der Waals surface area (Å²) < 4.78 is 36.7. The van der Waals surface area contributed by atoms with Crippen LogP contribution in [0.3, 0.4) is 0 Å². The highest BCUT2D eigenvalue weighted by Gasteiger charge is 2.23. The van der Waals surface area contributed by atoms with Crippen LogP contribution in [0.25, 0.3) is 22.3 Å². The summed E-state index contributed by atoms with van der Waals surface area (Å²) in [6.45, 7) is 3.66. The number of aryl methyl sites for hydroxylation is 1. The fraction of sp³-hybridized carbons (Fsp3) is 0.129. The summed E-state index contributed by atoms with van der Waals surface area (Å²) in [6.07, 6.45) is 4.37. The van der Waals surface area contributed by atoms with Crippen molar-refractivity contribution in [2.24, 2.45) is 0 Å².